The number of hydrogen-bond acceptors (Lipinski definition) is 3. The van der Waals surface area contributed by atoms with E-state index in [0.717, 1.165) is 26.2 Å². The van der Waals surface area contributed by atoms with Crippen LogP contribution in [0.4, 0.5) is 0 Å². The Bertz CT molecular complexity index is 526. The molecule has 0 saturated carbocycles. The van der Waals surface area contributed by atoms with Gasteiger partial charge in [-0.1, -0.05) is 30.3 Å². The molecular formula is C15H17BrN2S. The zero-order valence-corrected chi connectivity index (χ0v) is 13.1. The first kappa shape index (κ1) is 13.3. The highest BCUT2D eigenvalue weighted by Gasteiger charge is 2.20. The van der Waals surface area contributed by atoms with Gasteiger partial charge in [-0.25, -0.2) is 0 Å². The molecule has 0 bridgehead atoms. The van der Waals surface area contributed by atoms with E-state index in [2.05, 4.69) is 68.6 Å². The summed E-state index contributed by atoms with van der Waals surface area (Å²) in [5.74, 6) is 0. The second-order valence-electron chi connectivity index (χ2n) is 4.86. The van der Waals surface area contributed by atoms with Crippen LogP contribution in [0.2, 0.25) is 0 Å². The van der Waals surface area contributed by atoms with E-state index in [1.807, 2.05) is 11.3 Å². The van der Waals surface area contributed by atoms with Crippen molar-refractivity contribution in [1.82, 2.24) is 10.2 Å². The summed E-state index contributed by atoms with van der Waals surface area (Å²) < 4.78 is 1.22. The molecule has 2 nitrogen and oxygen atoms in total. The topological polar surface area (TPSA) is 15.3 Å². The lowest BCUT2D eigenvalue weighted by Crippen LogP contribution is -2.45. The Kier molecular flexibility index (Phi) is 4.33. The van der Waals surface area contributed by atoms with Crippen LogP contribution >= 0.6 is 27.3 Å². The molecule has 1 aliphatic heterocycles. The summed E-state index contributed by atoms with van der Waals surface area (Å²) in [7, 11) is 0. The Morgan fingerprint density at radius 3 is 2.79 bits per heavy atom. The minimum absolute atomic E-state index is 0.457. The van der Waals surface area contributed by atoms with Gasteiger partial charge >= 0.3 is 0 Å². The van der Waals surface area contributed by atoms with Crippen LogP contribution in [0.25, 0.3) is 0 Å². The van der Waals surface area contributed by atoms with E-state index in [-0.39, 0.29) is 0 Å². The summed E-state index contributed by atoms with van der Waals surface area (Å²) in [5, 5.41) is 3.61. The molecule has 1 fully saturated rings. The smallest absolute Gasteiger partial charge is 0.0701 e. The van der Waals surface area contributed by atoms with Crippen LogP contribution in [0, 0.1) is 0 Å². The maximum Gasteiger partial charge on any atom is 0.0701 e. The Labute approximate surface area is 126 Å². The van der Waals surface area contributed by atoms with Gasteiger partial charge < -0.3 is 5.32 Å². The van der Waals surface area contributed by atoms with Gasteiger partial charge in [0, 0.05) is 37.1 Å². The molecule has 1 N–H and O–H groups in total. The Hall–Kier alpha value is -0.680. The maximum absolute atomic E-state index is 3.61. The van der Waals surface area contributed by atoms with Gasteiger partial charge in [-0.2, -0.15) is 0 Å². The first-order valence-electron chi connectivity index (χ1n) is 6.56. The highest BCUT2D eigenvalue weighted by Crippen LogP contribution is 2.25. The van der Waals surface area contributed by atoms with Crippen molar-refractivity contribution >= 4 is 27.3 Å². The monoisotopic (exact) mass is 336 g/mol. The van der Waals surface area contributed by atoms with Gasteiger partial charge in [-0.05, 0) is 33.6 Å². The molecule has 1 atom stereocenters. The van der Waals surface area contributed by atoms with Crippen molar-refractivity contribution in [2.45, 2.75) is 12.6 Å². The molecule has 0 amide bonds. The van der Waals surface area contributed by atoms with E-state index < -0.39 is 0 Å². The van der Waals surface area contributed by atoms with Crippen molar-refractivity contribution in [3.05, 3.63) is 56.7 Å². The molecule has 2 heterocycles. The fraction of sp³-hybridized carbons (Fsp3) is 0.333. The first-order valence-corrected chi connectivity index (χ1v) is 8.17. The van der Waals surface area contributed by atoms with E-state index in [0.29, 0.717) is 6.04 Å². The number of benzene rings is 1. The van der Waals surface area contributed by atoms with Crippen LogP contribution in [-0.4, -0.2) is 24.5 Å². The number of halogens is 1. The van der Waals surface area contributed by atoms with Crippen molar-refractivity contribution in [3.63, 3.8) is 0 Å². The van der Waals surface area contributed by atoms with Gasteiger partial charge in [0.2, 0.25) is 0 Å². The molecule has 0 radical (unpaired) electrons. The predicted octanol–water partition coefficient (Wildman–Crippen LogP) is 3.66. The summed E-state index contributed by atoms with van der Waals surface area (Å²) in [6.45, 7) is 4.33. The minimum atomic E-state index is 0.457. The molecule has 1 aliphatic rings. The van der Waals surface area contributed by atoms with E-state index in [4.69, 9.17) is 0 Å². The van der Waals surface area contributed by atoms with Crippen molar-refractivity contribution < 1.29 is 0 Å². The van der Waals surface area contributed by atoms with Gasteiger partial charge in [0.05, 0.1) is 3.79 Å². The molecule has 1 aromatic heterocycles. The summed E-state index contributed by atoms with van der Waals surface area (Å²) >= 11 is 5.37. The molecule has 0 aliphatic carbocycles. The van der Waals surface area contributed by atoms with Gasteiger partial charge in [-0.3, -0.25) is 4.90 Å². The molecular weight excluding hydrogens is 320 g/mol. The van der Waals surface area contributed by atoms with E-state index >= 15 is 0 Å². The molecule has 1 aromatic carbocycles. The van der Waals surface area contributed by atoms with Crippen LogP contribution in [-0.2, 0) is 6.54 Å². The first-order chi connectivity index (χ1) is 9.31. The van der Waals surface area contributed by atoms with Crippen molar-refractivity contribution in [1.29, 1.82) is 0 Å². The van der Waals surface area contributed by atoms with Gasteiger partial charge in [0.1, 0.15) is 0 Å². The highest BCUT2D eigenvalue weighted by atomic mass is 79.9. The molecule has 4 heteroatoms. The summed E-state index contributed by atoms with van der Waals surface area (Å²) in [6, 6.07) is 15.5. The number of thiophene rings is 1. The Balaban J connectivity index is 1.65. The number of nitrogens with one attached hydrogen (secondary N) is 1. The van der Waals surface area contributed by atoms with E-state index in [1.165, 1.54) is 14.2 Å². The fourth-order valence-corrected chi connectivity index (χ4v) is 4.05. The average molecular weight is 337 g/mol. The molecule has 1 unspecified atom stereocenters. The SMILES string of the molecule is Brc1ccc(CN2CCNC(c3ccccc3)C2)s1. The highest BCUT2D eigenvalue weighted by molar-refractivity contribution is 9.11. The summed E-state index contributed by atoms with van der Waals surface area (Å²) in [4.78, 5) is 3.97. The third kappa shape index (κ3) is 3.45. The van der Waals surface area contributed by atoms with Gasteiger partial charge in [0.15, 0.2) is 0 Å². The van der Waals surface area contributed by atoms with Gasteiger partial charge in [0.25, 0.3) is 0 Å². The van der Waals surface area contributed by atoms with Crippen molar-refractivity contribution in [2.75, 3.05) is 19.6 Å². The number of piperazine rings is 1. The Morgan fingerprint density at radius 1 is 1.21 bits per heavy atom. The lowest BCUT2D eigenvalue weighted by molar-refractivity contribution is 0.195. The lowest BCUT2D eigenvalue weighted by atomic mass is 10.0. The zero-order chi connectivity index (χ0) is 13.1. The molecule has 1 saturated heterocycles. The van der Waals surface area contributed by atoms with Crippen LogP contribution in [0.5, 0.6) is 0 Å². The van der Waals surface area contributed by atoms with Gasteiger partial charge in [-0.15, -0.1) is 11.3 Å². The molecule has 2 aromatic rings. The number of rotatable bonds is 3. The van der Waals surface area contributed by atoms with Crippen LogP contribution in [0.15, 0.2) is 46.3 Å². The standard InChI is InChI=1S/C15H17BrN2S/c16-15-7-6-13(19-15)10-18-9-8-17-14(11-18)12-4-2-1-3-5-12/h1-7,14,17H,8-11H2. The number of hydrogen-bond donors (Lipinski definition) is 1. The van der Waals surface area contributed by atoms with Crippen LogP contribution in [0.1, 0.15) is 16.5 Å². The minimum Gasteiger partial charge on any atom is -0.308 e. The maximum atomic E-state index is 3.61. The normalized spacial score (nSPS) is 20.6. The molecule has 100 valence electrons. The predicted molar refractivity (Wildman–Crippen MR) is 84.5 cm³/mol. The largest absolute Gasteiger partial charge is 0.308 e. The molecule has 19 heavy (non-hydrogen) atoms. The van der Waals surface area contributed by atoms with Crippen molar-refractivity contribution in [2.24, 2.45) is 0 Å². The number of nitrogens with zero attached hydrogens (tertiary/aromatic N) is 1. The third-order valence-electron chi connectivity index (χ3n) is 3.47. The quantitative estimate of drug-likeness (QED) is 0.920. The second kappa shape index (κ2) is 6.18. The van der Waals surface area contributed by atoms with Crippen molar-refractivity contribution in [3.8, 4) is 0 Å². The Morgan fingerprint density at radius 2 is 2.05 bits per heavy atom. The molecule has 0 spiro atoms. The van der Waals surface area contributed by atoms with E-state index in [9.17, 15) is 0 Å². The van der Waals surface area contributed by atoms with Crippen LogP contribution in [0.3, 0.4) is 0 Å². The van der Waals surface area contributed by atoms with E-state index in [1.54, 1.807) is 0 Å². The second-order valence-corrected chi connectivity index (χ2v) is 7.41. The zero-order valence-electron chi connectivity index (χ0n) is 10.7. The van der Waals surface area contributed by atoms with Crippen LogP contribution < -0.4 is 5.32 Å². The third-order valence-corrected chi connectivity index (χ3v) is 5.08. The summed E-state index contributed by atoms with van der Waals surface area (Å²) in [5.41, 5.74) is 1.39. The summed E-state index contributed by atoms with van der Waals surface area (Å²) in [6.07, 6.45) is 0. The average Bonchev–Trinajstić information content (AvgIpc) is 2.85. The lowest BCUT2D eigenvalue weighted by Gasteiger charge is -2.33. The fourth-order valence-electron chi connectivity index (χ4n) is 2.52. The molecule has 3 rings (SSSR count).